The Labute approximate surface area is 398 Å². The van der Waals surface area contributed by atoms with Crippen molar-refractivity contribution in [1.82, 2.24) is 45.8 Å². The smallest absolute Gasteiger partial charge is 0.407 e. The maximum atomic E-state index is 16.3. The van der Waals surface area contributed by atoms with Gasteiger partial charge in [-0.25, -0.2) is 19.2 Å². The normalized spacial score (nSPS) is 19.1. The van der Waals surface area contributed by atoms with Gasteiger partial charge in [0.15, 0.2) is 12.2 Å². The van der Waals surface area contributed by atoms with Crippen molar-refractivity contribution in [2.45, 2.75) is 91.0 Å². The summed E-state index contributed by atoms with van der Waals surface area (Å²) in [6.45, 7) is 19.0. The second kappa shape index (κ2) is 27.7. The van der Waals surface area contributed by atoms with Crippen LogP contribution in [0.1, 0.15) is 102 Å². The zero-order chi connectivity index (χ0) is 49.6. The van der Waals surface area contributed by atoms with Gasteiger partial charge in [-0.1, -0.05) is 58.9 Å². The van der Waals surface area contributed by atoms with Gasteiger partial charge < -0.3 is 53.8 Å². The average molecular weight is 943 g/mol. The van der Waals surface area contributed by atoms with Crippen molar-refractivity contribution in [1.29, 1.82) is 0 Å². The third kappa shape index (κ3) is 14.6. The molecular weight excluding hydrogens is 876 g/mol. The van der Waals surface area contributed by atoms with E-state index in [1.165, 1.54) is 39.5 Å². The number of allylic oxidation sites excluding steroid dienone is 4. The number of amides is 2. The minimum Gasteiger partial charge on any atom is -0.462 e. The lowest BCUT2D eigenvalue weighted by molar-refractivity contribution is -0.134. The molecule has 2 amide bonds. The minimum absolute atomic E-state index is 0.00662. The molecule has 6 heterocycles. The van der Waals surface area contributed by atoms with E-state index in [0.29, 0.717) is 78.0 Å². The lowest BCUT2D eigenvalue weighted by atomic mass is 10.0. The summed E-state index contributed by atoms with van der Waals surface area (Å²) in [4.78, 5) is 68.1. The fraction of sp³-hybridized carbons (Fsp3) is 0.449. The number of alkyl carbamates (subject to hydrolysis) is 1. The lowest BCUT2D eigenvalue weighted by Gasteiger charge is -2.37. The number of imidazole rings is 1. The van der Waals surface area contributed by atoms with Crippen molar-refractivity contribution in [2.24, 2.45) is 10.9 Å². The monoisotopic (exact) mass is 943 g/mol. The van der Waals surface area contributed by atoms with Gasteiger partial charge in [0, 0.05) is 56.5 Å². The van der Waals surface area contributed by atoms with Crippen LogP contribution in [-0.2, 0) is 24.0 Å². The molecule has 4 aliphatic heterocycles. The summed E-state index contributed by atoms with van der Waals surface area (Å²) in [5.41, 5.74) is 7.01. The largest absolute Gasteiger partial charge is 0.462 e. The van der Waals surface area contributed by atoms with Crippen LogP contribution in [0.3, 0.4) is 0 Å². The molecule has 1 aromatic carbocycles. The zero-order valence-corrected chi connectivity index (χ0v) is 40.3. The number of likely N-dealkylation sites (N-methyl/N-ethyl adjacent to an activating group) is 1. The highest BCUT2D eigenvalue weighted by Crippen LogP contribution is 2.50. The minimum atomic E-state index is -0.720. The number of oxazole rings is 1. The molecule has 68 heavy (non-hydrogen) atoms. The lowest BCUT2D eigenvalue weighted by Crippen LogP contribution is -2.35. The Hall–Kier alpha value is -6.86. The van der Waals surface area contributed by atoms with Crippen molar-refractivity contribution in [3.8, 4) is 17.0 Å². The number of aromatic amines is 1. The summed E-state index contributed by atoms with van der Waals surface area (Å²) in [5, 5.41) is 5.70. The molecule has 3 aromatic rings. The summed E-state index contributed by atoms with van der Waals surface area (Å²) in [5.74, 6) is 1.57. The summed E-state index contributed by atoms with van der Waals surface area (Å²) in [6, 6.07) is 3.66. The molecule has 0 bridgehead atoms. The number of hydroxylamine groups is 1. The summed E-state index contributed by atoms with van der Waals surface area (Å²) >= 11 is 0. The van der Waals surface area contributed by atoms with Gasteiger partial charge in [-0.2, -0.15) is 5.48 Å². The predicted molar refractivity (Wildman–Crippen MR) is 258 cm³/mol. The number of nitrogens with zero attached hydrogens (tertiary/aromatic N) is 6. The molecule has 2 saturated heterocycles. The number of aldehydes is 1. The van der Waals surface area contributed by atoms with Crippen LogP contribution in [0.4, 0.5) is 9.18 Å². The number of rotatable bonds is 16. The fourth-order valence-corrected chi connectivity index (χ4v) is 7.93. The van der Waals surface area contributed by atoms with Crippen molar-refractivity contribution in [2.75, 3.05) is 47.4 Å². The summed E-state index contributed by atoms with van der Waals surface area (Å²) in [6.07, 6.45) is 19.8. The van der Waals surface area contributed by atoms with Gasteiger partial charge in [-0.15, -0.1) is 0 Å². The average Bonchev–Trinajstić information content (AvgIpc) is 4.19. The van der Waals surface area contributed by atoms with Gasteiger partial charge in [0.05, 0.1) is 54.7 Å². The number of ether oxygens (including phenoxy) is 2. The van der Waals surface area contributed by atoms with Crippen LogP contribution in [0.15, 0.2) is 94.4 Å². The molecule has 368 valence electrons. The first-order valence-corrected chi connectivity index (χ1v) is 22.8. The van der Waals surface area contributed by atoms with Crippen LogP contribution in [0.5, 0.6) is 5.75 Å². The first-order chi connectivity index (χ1) is 32.9. The summed E-state index contributed by atoms with van der Waals surface area (Å²) < 4.78 is 32.8. The summed E-state index contributed by atoms with van der Waals surface area (Å²) in [7, 11) is 4.90. The van der Waals surface area contributed by atoms with Crippen molar-refractivity contribution >= 4 is 37.2 Å². The highest BCUT2D eigenvalue weighted by atomic mass is 19.1. The number of carbonyl (C=O) groups is 4. The van der Waals surface area contributed by atoms with E-state index >= 15 is 4.39 Å². The molecule has 0 saturated carbocycles. The van der Waals surface area contributed by atoms with Crippen molar-refractivity contribution in [3.63, 3.8) is 0 Å². The van der Waals surface area contributed by atoms with Crippen LogP contribution in [0.25, 0.3) is 17.0 Å². The van der Waals surface area contributed by atoms with Gasteiger partial charge in [0.1, 0.15) is 23.7 Å². The van der Waals surface area contributed by atoms with Gasteiger partial charge in [0.25, 0.3) is 0 Å². The van der Waals surface area contributed by atoms with E-state index < -0.39 is 18.1 Å². The maximum absolute atomic E-state index is 16.3. The molecule has 19 heteroatoms. The maximum Gasteiger partial charge on any atom is 0.407 e. The van der Waals surface area contributed by atoms with Crippen LogP contribution in [0, 0.1) is 11.7 Å². The number of hydrogen-bond donors (Lipinski definition) is 4. The number of benzene rings is 1. The Morgan fingerprint density at radius 3 is 2.50 bits per heavy atom. The standard InChI is InChI=1S/C40H47FN8O3.C4H7NO3.C3H8.C2H5NO2/c1-6-26(31(21-42-4)44-20-29-9-7-15-47(29)5)11-12-28-13-14-33-38-30(41)18-27(19-35(38)52-40(49(28)33)36-23-43-24-51-36)32-22-45-39(46-32)34-10-8-16-48(34)37(50)17-25(2)3;1-8-4(7)5-2-3-6;1-3-2;1-3-5-2-4/h6,11-12,14,18-19,21-25,29,34,40,44H,1,4,7-10,13,15-17,20H2,2-3,5H3,(H,45,46);3H,2H2,1H3,(H,5,7);3H2,1-2H3;2-3H,1H3/b26-11+,28-12+,31-21-;;;/t29?,34-,40?;;;/m1.../s1. The van der Waals surface area contributed by atoms with Gasteiger partial charge in [0.2, 0.25) is 12.1 Å². The number of fused-ring (bicyclic) bond motifs is 3. The first-order valence-electron chi connectivity index (χ1n) is 22.8. The molecule has 18 nitrogen and oxygen atoms in total. The van der Waals surface area contributed by atoms with Gasteiger partial charge in [-0.3, -0.25) is 14.6 Å². The van der Waals surface area contributed by atoms with E-state index in [9.17, 15) is 14.4 Å². The molecular formula is C49H67FN10O8. The third-order valence-electron chi connectivity index (χ3n) is 11.0. The second-order valence-corrected chi connectivity index (χ2v) is 16.4. The highest BCUT2D eigenvalue weighted by molar-refractivity contribution is 5.79. The van der Waals surface area contributed by atoms with Crippen LogP contribution in [0.2, 0.25) is 0 Å². The number of H-pyrrole nitrogens is 1. The van der Waals surface area contributed by atoms with E-state index in [2.05, 4.69) is 84.7 Å². The molecule has 2 unspecified atom stereocenters. The van der Waals surface area contributed by atoms with Crippen LogP contribution in [-0.4, -0.2) is 115 Å². The van der Waals surface area contributed by atoms with Crippen LogP contribution < -0.4 is 20.9 Å². The van der Waals surface area contributed by atoms with Crippen LogP contribution >= 0.6 is 0 Å². The topological polar surface area (TPSA) is 209 Å². The number of nitrogens with one attached hydrogen (secondary N) is 4. The second-order valence-electron chi connectivity index (χ2n) is 16.4. The number of likely N-dealkylation sites (tertiary alicyclic amines) is 2. The molecule has 0 aliphatic carbocycles. The molecule has 2 aromatic heterocycles. The van der Waals surface area contributed by atoms with E-state index in [1.807, 2.05) is 47.9 Å². The zero-order valence-electron chi connectivity index (χ0n) is 40.3. The molecule has 0 radical (unpaired) electrons. The quantitative estimate of drug-likeness (QED) is 0.0474. The molecule has 7 rings (SSSR count). The molecule has 0 spiro atoms. The Morgan fingerprint density at radius 2 is 1.90 bits per heavy atom. The van der Waals surface area contributed by atoms with E-state index in [-0.39, 0.29) is 24.4 Å². The number of halogens is 1. The number of aliphatic imine (C=N–C) groups is 1. The van der Waals surface area contributed by atoms with E-state index in [1.54, 1.807) is 24.7 Å². The van der Waals surface area contributed by atoms with E-state index in [4.69, 9.17) is 13.9 Å². The number of methoxy groups -OCH3 is 1. The Morgan fingerprint density at radius 1 is 1.13 bits per heavy atom. The Bertz CT molecular complexity index is 2270. The highest BCUT2D eigenvalue weighted by Gasteiger charge is 2.41. The van der Waals surface area contributed by atoms with E-state index in [0.717, 1.165) is 49.3 Å². The Balaban J connectivity index is 0.000000545. The number of hydrogen-bond acceptors (Lipinski definition) is 15. The molecule has 3 atom stereocenters. The SMILES string of the molecule is C=CC(=C\C=C1/CC=C2c3c(F)cc(-c4cnc([C@H]5CCCN5C(=O)CC(C)C)[nH]4)cc3OC(c3cnco3)N21)/C(=C/N=C)NCC1CCCN1C.CCC.CNOC=O.COC(=O)NCC=O. The van der Waals surface area contributed by atoms with Gasteiger partial charge >= 0.3 is 12.6 Å². The molecule has 4 aliphatic rings. The van der Waals surface area contributed by atoms with Gasteiger partial charge in [-0.05, 0) is 75.7 Å². The Kier molecular flexibility index (Phi) is 21.9. The van der Waals surface area contributed by atoms with Crippen molar-refractivity contribution in [3.05, 3.63) is 108 Å². The van der Waals surface area contributed by atoms with Crippen molar-refractivity contribution < 1.29 is 42.3 Å². The molecule has 2 fully saturated rings. The predicted octanol–water partition coefficient (Wildman–Crippen LogP) is 7.52. The number of aromatic nitrogens is 3. The number of carbonyl (C=O) groups excluding carboxylic acids is 4. The third-order valence-corrected chi connectivity index (χ3v) is 11.0. The molecule has 4 N–H and O–H groups in total. The first kappa shape index (κ1) is 53.8. The fourth-order valence-electron chi connectivity index (χ4n) is 7.93.